The molecule has 1 atom stereocenters. The van der Waals surface area contributed by atoms with Crippen LogP contribution in [-0.2, 0) is 17.8 Å². The zero-order valence-electron chi connectivity index (χ0n) is 24.1. The highest BCUT2D eigenvalue weighted by Crippen LogP contribution is 2.39. The number of carbonyl (C=O) groups is 1. The lowest BCUT2D eigenvalue weighted by atomic mass is 9.96. The molecule has 2 fully saturated rings. The first-order valence-corrected chi connectivity index (χ1v) is 14.7. The van der Waals surface area contributed by atoms with E-state index in [9.17, 15) is 10.1 Å². The van der Waals surface area contributed by atoms with Crippen LogP contribution >= 0.6 is 0 Å². The van der Waals surface area contributed by atoms with Gasteiger partial charge in [-0.2, -0.15) is 5.26 Å². The molecule has 41 heavy (non-hydrogen) atoms. The van der Waals surface area contributed by atoms with Gasteiger partial charge < -0.3 is 24.3 Å². The minimum Gasteiger partial charge on any atom is -0.475 e. The third-order valence-corrected chi connectivity index (χ3v) is 8.90. The van der Waals surface area contributed by atoms with Gasteiger partial charge in [-0.1, -0.05) is 36.9 Å². The average Bonchev–Trinajstić information content (AvgIpc) is 3.42. The Morgan fingerprint density at radius 3 is 2.68 bits per heavy atom. The van der Waals surface area contributed by atoms with Crippen LogP contribution in [0.25, 0.3) is 10.8 Å². The number of hydrogen-bond donors (Lipinski definition) is 0. The first-order valence-electron chi connectivity index (χ1n) is 14.7. The van der Waals surface area contributed by atoms with Gasteiger partial charge in [0.15, 0.2) is 0 Å². The Morgan fingerprint density at radius 1 is 1.15 bits per heavy atom. The summed E-state index contributed by atoms with van der Waals surface area (Å²) in [6.45, 7) is 11.4. The van der Waals surface area contributed by atoms with Crippen LogP contribution < -0.4 is 14.5 Å². The first-order chi connectivity index (χ1) is 20.0. The molecule has 3 aliphatic rings. The zero-order chi connectivity index (χ0) is 28.5. The van der Waals surface area contributed by atoms with E-state index in [4.69, 9.17) is 9.72 Å². The fourth-order valence-corrected chi connectivity index (χ4v) is 6.64. The van der Waals surface area contributed by atoms with E-state index < -0.39 is 0 Å². The van der Waals surface area contributed by atoms with Crippen molar-refractivity contribution in [2.24, 2.45) is 0 Å². The predicted molar refractivity (Wildman–Crippen MR) is 163 cm³/mol. The molecule has 0 bridgehead atoms. The van der Waals surface area contributed by atoms with Gasteiger partial charge >= 0.3 is 0 Å². The molecule has 212 valence electrons. The van der Waals surface area contributed by atoms with Crippen LogP contribution in [0.5, 0.6) is 5.88 Å². The minimum atomic E-state index is -0.0485. The Morgan fingerprint density at radius 2 is 1.95 bits per heavy atom. The number of likely N-dealkylation sites (N-methyl/N-ethyl adjacent to an activating group) is 1. The third kappa shape index (κ3) is 5.22. The Labute approximate surface area is 242 Å². The molecular weight excluding hydrogens is 512 g/mol. The molecule has 1 amide bonds. The normalized spacial score (nSPS) is 19.2. The van der Waals surface area contributed by atoms with E-state index in [0.717, 1.165) is 49.3 Å². The van der Waals surface area contributed by atoms with Gasteiger partial charge in [-0.15, -0.1) is 0 Å². The molecule has 3 aliphatic heterocycles. The van der Waals surface area contributed by atoms with Crippen LogP contribution in [0.4, 0.5) is 11.4 Å². The highest BCUT2D eigenvalue weighted by molar-refractivity contribution is 5.95. The number of aryl methyl sites for hydroxylation is 1. The number of piperazine rings is 1. The smallest absolute Gasteiger partial charge is 0.246 e. The quantitative estimate of drug-likeness (QED) is 0.424. The molecule has 4 heterocycles. The molecule has 3 aromatic rings. The van der Waals surface area contributed by atoms with E-state index in [1.807, 2.05) is 4.90 Å². The van der Waals surface area contributed by atoms with Gasteiger partial charge in [-0.3, -0.25) is 4.79 Å². The highest BCUT2D eigenvalue weighted by Gasteiger charge is 2.32. The molecule has 2 aromatic carbocycles. The van der Waals surface area contributed by atoms with Crippen LogP contribution in [0.15, 0.2) is 49.1 Å². The Balaban J connectivity index is 1.38. The van der Waals surface area contributed by atoms with Crippen LogP contribution in [-0.4, -0.2) is 79.7 Å². The van der Waals surface area contributed by atoms with Gasteiger partial charge in [-0.25, -0.2) is 4.98 Å². The summed E-state index contributed by atoms with van der Waals surface area (Å²) in [5.74, 6) is 0.384. The topological polar surface area (TPSA) is 75.9 Å². The Kier molecular flexibility index (Phi) is 7.55. The molecule has 0 unspecified atom stereocenters. The summed E-state index contributed by atoms with van der Waals surface area (Å²) in [6.07, 6.45) is 4.40. The van der Waals surface area contributed by atoms with Crippen LogP contribution in [0, 0.1) is 18.3 Å². The van der Waals surface area contributed by atoms with E-state index in [1.54, 1.807) is 0 Å². The summed E-state index contributed by atoms with van der Waals surface area (Å²) < 4.78 is 6.39. The number of carbonyl (C=O) groups excluding carboxylic acids is 1. The summed E-state index contributed by atoms with van der Waals surface area (Å²) in [6, 6.07) is 15.8. The van der Waals surface area contributed by atoms with Gasteiger partial charge in [0.1, 0.15) is 18.2 Å². The van der Waals surface area contributed by atoms with Crippen molar-refractivity contribution in [3.8, 4) is 11.9 Å². The molecule has 6 rings (SSSR count). The minimum absolute atomic E-state index is 0.0485. The van der Waals surface area contributed by atoms with Crippen molar-refractivity contribution in [1.82, 2.24) is 14.8 Å². The molecule has 0 spiro atoms. The molecule has 8 nitrogen and oxygen atoms in total. The SMILES string of the molecule is C=CC(=O)N1CCN(c2c(C#N)c(OC[C@@H]3CCCN3C)nc3c2CCN(c2cc(C)cc4ccccc24)C3)CC1. The Bertz CT molecular complexity index is 1520. The fourth-order valence-electron chi connectivity index (χ4n) is 6.64. The molecule has 0 radical (unpaired) electrons. The monoisotopic (exact) mass is 550 g/mol. The van der Waals surface area contributed by atoms with Gasteiger partial charge in [-0.05, 0) is 62.9 Å². The summed E-state index contributed by atoms with van der Waals surface area (Å²) in [4.78, 5) is 26.1. The average molecular weight is 551 g/mol. The molecule has 0 saturated carbocycles. The number of benzene rings is 2. The summed E-state index contributed by atoms with van der Waals surface area (Å²) in [7, 11) is 2.13. The number of anilines is 2. The van der Waals surface area contributed by atoms with E-state index in [-0.39, 0.29) is 5.91 Å². The number of hydrogen-bond acceptors (Lipinski definition) is 7. The lowest BCUT2D eigenvalue weighted by molar-refractivity contribution is -0.126. The zero-order valence-corrected chi connectivity index (χ0v) is 24.1. The van der Waals surface area contributed by atoms with Crippen molar-refractivity contribution < 1.29 is 9.53 Å². The van der Waals surface area contributed by atoms with Crippen LogP contribution in [0.2, 0.25) is 0 Å². The number of aromatic nitrogens is 1. The summed E-state index contributed by atoms with van der Waals surface area (Å²) in [5.41, 5.74) is 5.99. The first kappa shape index (κ1) is 27.1. The standard InChI is InChI=1S/C33H38N6O2/c1-4-31(40)37-14-16-38(17-15-37)32-27-11-13-39(30-19-23(2)18-24-8-5-6-10-26(24)30)21-29(27)35-33(28(32)20-34)41-22-25-9-7-12-36(25)3/h4-6,8,10,18-19,25H,1,7,9,11-17,21-22H2,2-3H3/t25-/m0/s1. The second-order valence-electron chi connectivity index (χ2n) is 11.5. The van der Waals surface area contributed by atoms with Gasteiger partial charge in [0.2, 0.25) is 11.8 Å². The van der Waals surface area contributed by atoms with Gasteiger partial charge in [0.05, 0.1) is 17.9 Å². The van der Waals surface area contributed by atoms with Crippen molar-refractivity contribution in [2.75, 3.05) is 62.7 Å². The fraction of sp³-hybridized carbons (Fsp3) is 0.424. The summed E-state index contributed by atoms with van der Waals surface area (Å²) in [5, 5.41) is 12.9. The number of nitrogens with zero attached hydrogens (tertiary/aromatic N) is 6. The highest BCUT2D eigenvalue weighted by atomic mass is 16.5. The molecule has 2 saturated heterocycles. The van der Waals surface area contributed by atoms with Crippen LogP contribution in [0.1, 0.15) is 35.2 Å². The number of pyridine rings is 1. The van der Waals surface area contributed by atoms with Crippen molar-refractivity contribution in [3.05, 3.63) is 71.4 Å². The van der Waals surface area contributed by atoms with E-state index in [2.05, 4.69) is 77.7 Å². The van der Waals surface area contributed by atoms with Crippen molar-refractivity contribution in [1.29, 1.82) is 5.26 Å². The number of nitriles is 1. The van der Waals surface area contributed by atoms with Gasteiger partial charge in [0, 0.05) is 55.4 Å². The third-order valence-electron chi connectivity index (χ3n) is 8.90. The number of rotatable bonds is 6. The number of fused-ring (bicyclic) bond motifs is 2. The largest absolute Gasteiger partial charge is 0.475 e. The van der Waals surface area contributed by atoms with Gasteiger partial charge in [0.25, 0.3) is 0 Å². The van der Waals surface area contributed by atoms with Crippen molar-refractivity contribution in [3.63, 3.8) is 0 Å². The van der Waals surface area contributed by atoms with E-state index in [0.29, 0.717) is 56.8 Å². The maximum absolute atomic E-state index is 12.2. The second kappa shape index (κ2) is 11.4. The lowest BCUT2D eigenvalue weighted by Gasteiger charge is -2.39. The molecule has 0 N–H and O–H groups in total. The van der Waals surface area contributed by atoms with E-state index in [1.165, 1.54) is 28.1 Å². The van der Waals surface area contributed by atoms with Crippen molar-refractivity contribution >= 4 is 28.1 Å². The van der Waals surface area contributed by atoms with Crippen molar-refractivity contribution in [2.45, 2.75) is 38.8 Å². The lowest BCUT2D eigenvalue weighted by Crippen LogP contribution is -2.49. The van der Waals surface area contributed by atoms with E-state index >= 15 is 0 Å². The van der Waals surface area contributed by atoms with Crippen LogP contribution in [0.3, 0.4) is 0 Å². The number of likely N-dealkylation sites (tertiary alicyclic amines) is 1. The number of amides is 1. The molecule has 0 aliphatic carbocycles. The Hall–Kier alpha value is -4.09. The molecule has 8 heteroatoms. The molecular formula is C33H38N6O2. The maximum atomic E-state index is 12.2. The number of ether oxygens (including phenoxy) is 1. The second-order valence-corrected chi connectivity index (χ2v) is 11.5. The molecule has 1 aromatic heterocycles. The predicted octanol–water partition coefficient (Wildman–Crippen LogP) is 4.29. The summed E-state index contributed by atoms with van der Waals surface area (Å²) >= 11 is 0. The maximum Gasteiger partial charge on any atom is 0.246 e.